The number of morpholine rings is 1. The Hall–Kier alpha value is -0.610. The first-order chi connectivity index (χ1) is 7.29. The van der Waals surface area contributed by atoms with E-state index in [4.69, 9.17) is 4.74 Å². The van der Waals surface area contributed by atoms with Crippen molar-refractivity contribution >= 4 is 5.91 Å². The molecular formula is C11H20N2O2. The minimum absolute atomic E-state index is 0.178. The number of hydrogen-bond acceptors (Lipinski definition) is 3. The van der Waals surface area contributed by atoms with Gasteiger partial charge in [-0.2, -0.15) is 0 Å². The molecule has 0 radical (unpaired) electrons. The summed E-state index contributed by atoms with van der Waals surface area (Å²) in [5.74, 6) is 0.495. The van der Waals surface area contributed by atoms with E-state index in [0.29, 0.717) is 25.2 Å². The molecule has 0 aromatic heterocycles. The van der Waals surface area contributed by atoms with Gasteiger partial charge in [-0.1, -0.05) is 0 Å². The molecule has 1 N–H and O–H groups in total. The summed E-state index contributed by atoms with van der Waals surface area (Å²) in [4.78, 5) is 14.1. The van der Waals surface area contributed by atoms with Crippen molar-refractivity contribution < 1.29 is 9.53 Å². The smallest absolute Gasteiger partial charge is 0.227 e. The van der Waals surface area contributed by atoms with Gasteiger partial charge in [0, 0.05) is 19.1 Å². The molecule has 0 aromatic rings. The lowest BCUT2D eigenvalue weighted by molar-refractivity contribution is -0.141. The summed E-state index contributed by atoms with van der Waals surface area (Å²) in [6.07, 6.45) is 2.15. The molecule has 15 heavy (non-hydrogen) atoms. The zero-order valence-corrected chi connectivity index (χ0v) is 9.37. The molecule has 2 saturated heterocycles. The summed E-state index contributed by atoms with van der Waals surface area (Å²) in [7, 11) is 0. The lowest BCUT2D eigenvalue weighted by Gasteiger charge is -2.35. The van der Waals surface area contributed by atoms with Gasteiger partial charge in [0.25, 0.3) is 0 Å². The number of piperidine rings is 1. The number of carbonyl (C=O) groups excluding carboxylic acids is 1. The van der Waals surface area contributed by atoms with Gasteiger partial charge in [0.15, 0.2) is 0 Å². The molecule has 0 aromatic carbocycles. The molecule has 0 saturated carbocycles. The van der Waals surface area contributed by atoms with E-state index in [1.54, 1.807) is 0 Å². The van der Waals surface area contributed by atoms with Crippen molar-refractivity contribution in [2.24, 2.45) is 5.92 Å². The van der Waals surface area contributed by atoms with E-state index in [1.807, 2.05) is 4.90 Å². The molecule has 0 spiro atoms. The highest BCUT2D eigenvalue weighted by atomic mass is 16.5. The predicted molar refractivity (Wildman–Crippen MR) is 57.6 cm³/mol. The number of rotatable bonds is 1. The Bertz CT molecular complexity index is 227. The molecule has 2 aliphatic rings. The van der Waals surface area contributed by atoms with Crippen molar-refractivity contribution in [2.45, 2.75) is 25.8 Å². The normalized spacial score (nSPS) is 32.7. The number of nitrogens with zero attached hydrogens (tertiary/aromatic N) is 1. The molecule has 4 nitrogen and oxygen atoms in total. The fraction of sp³-hybridized carbons (Fsp3) is 0.909. The predicted octanol–water partition coefficient (Wildman–Crippen LogP) is 0.233. The molecule has 2 heterocycles. The van der Waals surface area contributed by atoms with Gasteiger partial charge in [-0.05, 0) is 26.3 Å². The molecule has 0 aliphatic carbocycles. The maximum Gasteiger partial charge on any atom is 0.227 e. The fourth-order valence-corrected chi connectivity index (χ4v) is 2.40. The van der Waals surface area contributed by atoms with Crippen molar-refractivity contribution in [3.63, 3.8) is 0 Å². The topological polar surface area (TPSA) is 41.6 Å². The highest BCUT2D eigenvalue weighted by Gasteiger charge is 2.31. The van der Waals surface area contributed by atoms with Gasteiger partial charge in [-0.15, -0.1) is 0 Å². The summed E-state index contributed by atoms with van der Waals surface area (Å²) in [6.45, 7) is 6.08. The zero-order chi connectivity index (χ0) is 10.7. The first-order valence-corrected chi connectivity index (χ1v) is 5.89. The molecule has 2 aliphatic heterocycles. The van der Waals surface area contributed by atoms with Crippen LogP contribution in [0.1, 0.15) is 19.8 Å². The molecule has 86 valence electrons. The highest BCUT2D eigenvalue weighted by Crippen LogP contribution is 2.19. The Morgan fingerprint density at radius 3 is 2.80 bits per heavy atom. The molecule has 2 atom stereocenters. The third-order valence-electron chi connectivity index (χ3n) is 3.40. The van der Waals surface area contributed by atoms with Crippen LogP contribution < -0.4 is 5.32 Å². The van der Waals surface area contributed by atoms with Gasteiger partial charge in [0.05, 0.1) is 19.1 Å². The molecule has 4 heteroatoms. The number of amides is 1. The summed E-state index contributed by atoms with van der Waals surface area (Å²) in [5.41, 5.74) is 0. The number of nitrogens with one attached hydrogen (secondary N) is 1. The van der Waals surface area contributed by atoms with E-state index in [1.165, 1.54) is 0 Å². The van der Waals surface area contributed by atoms with Crippen LogP contribution in [0, 0.1) is 5.92 Å². The first-order valence-electron chi connectivity index (χ1n) is 5.89. The highest BCUT2D eigenvalue weighted by molar-refractivity contribution is 5.79. The van der Waals surface area contributed by atoms with Gasteiger partial charge < -0.3 is 15.0 Å². The second-order valence-corrected chi connectivity index (χ2v) is 4.43. The van der Waals surface area contributed by atoms with Crippen molar-refractivity contribution in [3.8, 4) is 0 Å². The third-order valence-corrected chi connectivity index (χ3v) is 3.40. The molecule has 0 unspecified atom stereocenters. The van der Waals surface area contributed by atoms with Gasteiger partial charge in [-0.25, -0.2) is 0 Å². The van der Waals surface area contributed by atoms with Crippen LogP contribution in [-0.2, 0) is 9.53 Å². The third kappa shape index (κ3) is 2.49. The van der Waals surface area contributed by atoms with Crippen LogP contribution in [-0.4, -0.2) is 49.7 Å². The van der Waals surface area contributed by atoms with Gasteiger partial charge in [-0.3, -0.25) is 4.79 Å². The standard InChI is InChI=1S/C11H20N2O2/c1-9-10(3-2-4-12-9)11(14)13-5-7-15-8-6-13/h9-10,12H,2-8H2,1H3/t9-,10+/m1/s1. The van der Waals surface area contributed by atoms with E-state index in [2.05, 4.69) is 12.2 Å². The van der Waals surface area contributed by atoms with Crippen LogP contribution in [0.3, 0.4) is 0 Å². The van der Waals surface area contributed by atoms with E-state index < -0.39 is 0 Å². The Balaban J connectivity index is 1.92. The van der Waals surface area contributed by atoms with Gasteiger partial charge in [0.2, 0.25) is 5.91 Å². The molecule has 2 fully saturated rings. The molecule has 0 bridgehead atoms. The van der Waals surface area contributed by atoms with Crippen LogP contribution in [0.5, 0.6) is 0 Å². The Kier molecular flexibility index (Phi) is 3.59. The molecule has 1 amide bonds. The minimum Gasteiger partial charge on any atom is -0.378 e. The number of carbonyl (C=O) groups is 1. The number of ether oxygens (including phenoxy) is 1. The largest absolute Gasteiger partial charge is 0.378 e. The Morgan fingerprint density at radius 1 is 1.40 bits per heavy atom. The Labute approximate surface area is 91.0 Å². The summed E-state index contributed by atoms with van der Waals surface area (Å²) < 4.78 is 5.25. The van der Waals surface area contributed by atoms with Crippen LogP contribution >= 0.6 is 0 Å². The molecule has 2 rings (SSSR count). The maximum atomic E-state index is 12.2. The SMILES string of the molecule is C[C@H]1NCCC[C@@H]1C(=O)N1CCOCC1. The maximum absolute atomic E-state index is 12.2. The number of hydrogen-bond donors (Lipinski definition) is 1. The van der Waals surface area contributed by atoms with E-state index in [9.17, 15) is 4.79 Å². The monoisotopic (exact) mass is 212 g/mol. The van der Waals surface area contributed by atoms with Gasteiger partial charge >= 0.3 is 0 Å². The fourth-order valence-electron chi connectivity index (χ4n) is 2.40. The van der Waals surface area contributed by atoms with Crippen molar-refractivity contribution in [1.82, 2.24) is 10.2 Å². The van der Waals surface area contributed by atoms with Crippen molar-refractivity contribution in [2.75, 3.05) is 32.8 Å². The van der Waals surface area contributed by atoms with Gasteiger partial charge in [0.1, 0.15) is 0 Å². The van der Waals surface area contributed by atoms with Crippen LogP contribution in [0.4, 0.5) is 0 Å². The van der Waals surface area contributed by atoms with E-state index >= 15 is 0 Å². The first kappa shape index (κ1) is 10.9. The Morgan fingerprint density at radius 2 is 2.13 bits per heavy atom. The summed E-state index contributed by atoms with van der Waals surface area (Å²) >= 11 is 0. The summed E-state index contributed by atoms with van der Waals surface area (Å²) in [6, 6.07) is 0.328. The lowest BCUT2D eigenvalue weighted by Crippen LogP contribution is -2.50. The second kappa shape index (κ2) is 4.94. The lowest BCUT2D eigenvalue weighted by atomic mass is 9.90. The van der Waals surface area contributed by atoms with E-state index in [-0.39, 0.29) is 5.92 Å². The average molecular weight is 212 g/mol. The van der Waals surface area contributed by atoms with Crippen LogP contribution in [0.25, 0.3) is 0 Å². The van der Waals surface area contributed by atoms with Crippen molar-refractivity contribution in [1.29, 1.82) is 0 Å². The van der Waals surface area contributed by atoms with Crippen LogP contribution in [0.15, 0.2) is 0 Å². The zero-order valence-electron chi connectivity index (χ0n) is 9.37. The van der Waals surface area contributed by atoms with E-state index in [0.717, 1.165) is 32.5 Å². The second-order valence-electron chi connectivity index (χ2n) is 4.43. The van der Waals surface area contributed by atoms with Crippen molar-refractivity contribution in [3.05, 3.63) is 0 Å². The average Bonchev–Trinajstić information content (AvgIpc) is 2.30. The minimum atomic E-state index is 0.178. The quantitative estimate of drug-likeness (QED) is 0.676. The molecular weight excluding hydrogens is 192 g/mol. The summed E-state index contributed by atoms with van der Waals surface area (Å²) in [5, 5.41) is 3.37. The van der Waals surface area contributed by atoms with Crippen LogP contribution in [0.2, 0.25) is 0 Å².